The molecule has 0 saturated heterocycles. The average molecular weight is 216 g/mol. The first-order chi connectivity index (χ1) is 7.72. The van der Waals surface area contributed by atoms with Crippen LogP contribution in [0.5, 0.6) is 0 Å². The number of hydrogen-bond donors (Lipinski definition) is 1. The van der Waals surface area contributed by atoms with Crippen LogP contribution in [-0.2, 0) is 6.42 Å². The van der Waals surface area contributed by atoms with Gasteiger partial charge in [0.25, 0.3) is 0 Å². The predicted molar refractivity (Wildman–Crippen MR) is 68.0 cm³/mol. The summed E-state index contributed by atoms with van der Waals surface area (Å²) in [6.07, 6.45) is 1.98. The molecule has 0 aliphatic carbocycles. The van der Waals surface area contributed by atoms with Gasteiger partial charge < -0.3 is 5.11 Å². The van der Waals surface area contributed by atoms with Gasteiger partial charge in [-0.3, -0.25) is 0 Å². The van der Waals surface area contributed by atoms with Crippen molar-refractivity contribution in [2.24, 2.45) is 5.92 Å². The molecule has 1 heteroatoms. The summed E-state index contributed by atoms with van der Waals surface area (Å²) in [7, 11) is 0. The fraction of sp³-hybridized carbons (Fsp3) is 0.467. The van der Waals surface area contributed by atoms with Crippen LogP contribution >= 0.6 is 0 Å². The predicted octanol–water partition coefficient (Wildman–Crippen LogP) is 3.03. The Morgan fingerprint density at radius 3 is 2.56 bits per heavy atom. The monoisotopic (exact) mass is 216 g/mol. The van der Waals surface area contributed by atoms with Gasteiger partial charge in [-0.1, -0.05) is 44.2 Å². The summed E-state index contributed by atoms with van der Waals surface area (Å²) in [5.74, 6) is 6.63. The van der Waals surface area contributed by atoms with E-state index in [0.29, 0.717) is 18.8 Å². The topological polar surface area (TPSA) is 20.2 Å². The van der Waals surface area contributed by atoms with Crippen LogP contribution in [0.2, 0.25) is 0 Å². The van der Waals surface area contributed by atoms with Crippen LogP contribution in [0.4, 0.5) is 0 Å². The van der Waals surface area contributed by atoms with E-state index in [1.54, 1.807) is 0 Å². The zero-order valence-electron chi connectivity index (χ0n) is 10.1. The second kappa shape index (κ2) is 7.09. The smallest absolute Gasteiger partial charge is 0.0689 e. The molecule has 1 aromatic carbocycles. The lowest BCUT2D eigenvalue weighted by Gasteiger charge is -2.06. The highest BCUT2D eigenvalue weighted by Crippen LogP contribution is 2.05. The maximum atomic E-state index is 9.79. The molecule has 0 saturated carbocycles. The van der Waals surface area contributed by atoms with E-state index in [0.717, 1.165) is 6.42 Å². The number of aliphatic hydroxyl groups excluding tert-OH is 1. The minimum Gasteiger partial charge on any atom is -0.392 e. The largest absolute Gasteiger partial charge is 0.392 e. The number of aliphatic hydroxyl groups is 1. The normalized spacial score (nSPS) is 13.7. The van der Waals surface area contributed by atoms with Crippen molar-refractivity contribution in [2.75, 3.05) is 0 Å². The number of rotatable bonds is 4. The Balaban J connectivity index is 2.36. The third-order valence-electron chi connectivity index (χ3n) is 2.61. The minimum atomic E-state index is -0.348. The van der Waals surface area contributed by atoms with Crippen molar-refractivity contribution in [3.63, 3.8) is 0 Å². The highest BCUT2D eigenvalue weighted by molar-refractivity contribution is 5.16. The first-order valence-electron chi connectivity index (χ1n) is 5.92. The van der Waals surface area contributed by atoms with E-state index in [9.17, 15) is 5.11 Å². The van der Waals surface area contributed by atoms with Crippen molar-refractivity contribution in [3.8, 4) is 11.8 Å². The summed E-state index contributed by atoms with van der Waals surface area (Å²) in [4.78, 5) is 0. The molecule has 1 nitrogen and oxygen atoms in total. The molecular weight excluding hydrogens is 196 g/mol. The minimum absolute atomic E-state index is 0.348. The van der Waals surface area contributed by atoms with Crippen molar-refractivity contribution < 1.29 is 5.11 Å². The van der Waals surface area contributed by atoms with Gasteiger partial charge in [0.15, 0.2) is 0 Å². The Labute approximate surface area is 98.5 Å². The van der Waals surface area contributed by atoms with Crippen LogP contribution < -0.4 is 0 Å². The molecule has 0 heterocycles. The van der Waals surface area contributed by atoms with Crippen LogP contribution in [-0.4, -0.2) is 11.2 Å². The Hall–Kier alpha value is -1.26. The summed E-state index contributed by atoms with van der Waals surface area (Å²) in [5.41, 5.74) is 1.17. The molecule has 2 unspecified atom stereocenters. The van der Waals surface area contributed by atoms with E-state index < -0.39 is 0 Å². The maximum Gasteiger partial charge on any atom is 0.0689 e. The molecule has 0 aromatic heterocycles. The van der Waals surface area contributed by atoms with Crippen LogP contribution in [0.1, 0.15) is 32.3 Å². The van der Waals surface area contributed by atoms with Crippen LogP contribution in [0.25, 0.3) is 0 Å². The van der Waals surface area contributed by atoms with E-state index in [-0.39, 0.29) is 6.10 Å². The standard InChI is InChI=1S/C15H20O/c1-3-13(2)8-7-11-15(16)12-14-9-5-4-6-10-14/h4-6,9-10,13,15-16H,3,11-12H2,1-2H3. The molecular formula is C15H20O. The van der Waals surface area contributed by atoms with E-state index in [4.69, 9.17) is 0 Å². The van der Waals surface area contributed by atoms with E-state index in [2.05, 4.69) is 25.7 Å². The summed E-state index contributed by atoms with van der Waals surface area (Å²) in [5, 5.41) is 9.79. The zero-order chi connectivity index (χ0) is 11.8. The summed E-state index contributed by atoms with van der Waals surface area (Å²) < 4.78 is 0. The summed E-state index contributed by atoms with van der Waals surface area (Å²) in [6.45, 7) is 4.23. The second-order valence-corrected chi connectivity index (χ2v) is 4.18. The fourth-order valence-corrected chi connectivity index (χ4v) is 1.41. The third-order valence-corrected chi connectivity index (χ3v) is 2.61. The zero-order valence-corrected chi connectivity index (χ0v) is 10.1. The SMILES string of the molecule is CCC(C)C#CCC(O)Cc1ccccc1. The van der Waals surface area contributed by atoms with Gasteiger partial charge in [0.1, 0.15) is 0 Å². The lowest BCUT2D eigenvalue weighted by molar-refractivity contribution is 0.180. The molecule has 1 rings (SSSR count). The van der Waals surface area contributed by atoms with Gasteiger partial charge in [0, 0.05) is 12.3 Å². The van der Waals surface area contributed by atoms with Crippen molar-refractivity contribution in [1.29, 1.82) is 0 Å². The van der Waals surface area contributed by atoms with E-state index in [1.165, 1.54) is 5.56 Å². The van der Waals surface area contributed by atoms with Crippen LogP contribution in [0, 0.1) is 17.8 Å². The molecule has 0 aliphatic rings. The average Bonchev–Trinajstić information content (AvgIpc) is 2.30. The summed E-state index contributed by atoms with van der Waals surface area (Å²) in [6, 6.07) is 10.0. The Morgan fingerprint density at radius 2 is 1.94 bits per heavy atom. The van der Waals surface area contributed by atoms with Crippen molar-refractivity contribution in [1.82, 2.24) is 0 Å². The number of benzene rings is 1. The molecule has 0 fully saturated rings. The molecule has 0 spiro atoms. The van der Waals surface area contributed by atoms with Gasteiger partial charge in [0.2, 0.25) is 0 Å². The first kappa shape index (κ1) is 12.8. The van der Waals surface area contributed by atoms with Gasteiger partial charge in [-0.2, -0.15) is 0 Å². The molecule has 0 aliphatic heterocycles. The highest BCUT2D eigenvalue weighted by Gasteiger charge is 2.02. The van der Waals surface area contributed by atoms with Gasteiger partial charge in [-0.25, -0.2) is 0 Å². The van der Waals surface area contributed by atoms with Gasteiger partial charge in [-0.15, -0.1) is 11.8 Å². The third kappa shape index (κ3) is 5.00. The second-order valence-electron chi connectivity index (χ2n) is 4.18. The molecule has 1 N–H and O–H groups in total. The molecule has 0 bridgehead atoms. The highest BCUT2D eigenvalue weighted by atomic mass is 16.3. The van der Waals surface area contributed by atoms with E-state index >= 15 is 0 Å². The Kier molecular flexibility index (Phi) is 5.67. The Morgan fingerprint density at radius 1 is 1.25 bits per heavy atom. The lowest BCUT2D eigenvalue weighted by Crippen LogP contribution is -2.09. The van der Waals surface area contributed by atoms with Crippen molar-refractivity contribution >= 4 is 0 Å². The molecule has 0 radical (unpaired) electrons. The van der Waals surface area contributed by atoms with Gasteiger partial charge in [-0.05, 0) is 18.4 Å². The quantitative estimate of drug-likeness (QED) is 0.767. The van der Waals surface area contributed by atoms with Crippen molar-refractivity contribution in [2.45, 2.75) is 39.2 Å². The maximum absolute atomic E-state index is 9.79. The van der Waals surface area contributed by atoms with Crippen molar-refractivity contribution in [3.05, 3.63) is 35.9 Å². The number of hydrogen-bond acceptors (Lipinski definition) is 1. The lowest BCUT2D eigenvalue weighted by atomic mass is 10.1. The van der Waals surface area contributed by atoms with Gasteiger partial charge >= 0.3 is 0 Å². The van der Waals surface area contributed by atoms with E-state index in [1.807, 2.05) is 30.3 Å². The molecule has 86 valence electrons. The first-order valence-corrected chi connectivity index (χ1v) is 5.92. The molecule has 0 amide bonds. The molecule has 2 atom stereocenters. The fourth-order valence-electron chi connectivity index (χ4n) is 1.41. The van der Waals surface area contributed by atoms with Crippen LogP contribution in [0.15, 0.2) is 30.3 Å². The molecule has 16 heavy (non-hydrogen) atoms. The van der Waals surface area contributed by atoms with Crippen LogP contribution in [0.3, 0.4) is 0 Å². The Bertz CT molecular complexity index is 345. The summed E-state index contributed by atoms with van der Waals surface area (Å²) >= 11 is 0. The molecule has 1 aromatic rings. The van der Waals surface area contributed by atoms with Gasteiger partial charge in [0.05, 0.1) is 6.10 Å².